The molecule has 7 heteroatoms. The molecule has 0 spiro atoms. The van der Waals surface area contributed by atoms with Gasteiger partial charge in [-0.15, -0.1) is 0 Å². The number of thiol groups is 1. The lowest BCUT2D eigenvalue weighted by atomic mass is 10.0. The van der Waals surface area contributed by atoms with Crippen LogP contribution in [-0.4, -0.2) is 52.3 Å². The third kappa shape index (κ3) is 2.95. The highest BCUT2D eigenvalue weighted by molar-refractivity contribution is 7.81. The number of hydrogen-bond donors (Lipinski definition) is 2. The fourth-order valence-corrected chi connectivity index (χ4v) is 2.37. The number of carbonyl (C=O) groups is 3. The van der Waals surface area contributed by atoms with Crippen LogP contribution in [0.15, 0.2) is 0 Å². The molecular formula is C11H17NO5S. The fraction of sp³-hybridized carbons (Fsp3) is 0.727. The molecule has 2 atom stereocenters. The molecule has 1 rings (SSSR count). The van der Waals surface area contributed by atoms with Gasteiger partial charge in [-0.25, -0.2) is 4.79 Å². The predicted molar refractivity (Wildman–Crippen MR) is 66.3 cm³/mol. The number of carbonyl (C=O) groups excluding carboxylic acids is 2. The van der Waals surface area contributed by atoms with Crippen molar-refractivity contribution in [2.75, 3.05) is 13.7 Å². The van der Waals surface area contributed by atoms with Crippen molar-refractivity contribution >= 4 is 30.5 Å². The average Bonchev–Trinajstić information content (AvgIpc) is 2.57. The molecule has 1 saturated heterocycles. The first-order valence-electron chi connectivity index (χ1n) is 5.51. The molecule has 1 fully saturated rings. The van der Waals surface area contributed by atoms with Gasteiger partial charge in [0.2, 0.25) is 5.91 Å². The summed E-state index contributed by atoms with van der Waals surface area (Å²) < 4.78 is 3.68. The minimum absolute atomic E-state index is 0.0136. The van der Waals surface area contributed by atoms with Gasteiger partial charge in [0, 0.05) is 17.7 Å². The number of rotatable bonds is 4. The summed E-state index contributed by atoms with van der Waals surface area (Å²) >= 11 is 4.22. The van der Waals surface area contributed by atoms with E-state index in [1.54, 1.807) is 13.8 Å². The fourth-order valence-electron chi connectivity index (χ4n) is 2.12. The van der Waals surface area contributed by atoms with Crippen LogP contribution in [0, 0.1) is 5.92 Å². The number of likely N-dealkylation sites (tertiary alicyclic amines) is 1. The molecule has 1 aliphatic rings. The van der Waals surface area contributed by atoms with Crippen LogP contribution in [0.5, 0.6) is 0 Å². The Hall–Kier alpha value is -1.24. The lowest BCUT2D eigenvalue weighted by Gasteiger charge is -2.33. The number of carboxylic acid groups (broad SMARTS) is 1. The molecule has 0 aromatic rings. The number of methoxy groups -OCH3 is 1. The summed E-state index contributed by atoms with van der Waals surface area (Å²) in [5, 5.41) is 9.21. The second-order valence-electron chi connectivity index (χ2n) is 4.86. The third-order valence-corrected chi connectivity index (χ3v) is 3.15. The second-order valence-corrected chi connectivity index (χ2v) is 6.02. The molecule has 0 aromatic heterocycles. The maximum Gasteiger partial charge on any atom is 0.327 e. The van der Waals surface area contributed by atoms with Gasteiger partial charge >= 0.3 is 11.9 Å². The first kappa shape index (κ1) is 14.8. The van der Waals surface area contributed by atoms with Gasteiger partial charge in [-0.05, 0) is 13.8 Å². The zero-order valence-corrected chi connectivity index (χ0v) is 11.4. The van der Waals surface area contributed by atoms with E-state index in [1.165, 1.54) is 12.0 Å². The highest BCUT2D eigenvalue weighted by atomic mass is 32.1. The van der Waals surface area contributed by atoms with E-state index in [2.05, 4.69) is 17.4 Å². The quantitative estimate of drug-likeness (QED) is 0.564. The number of aliphatic carboxylic acids is 1. The smallest absolute Gasteiger partial charge is 0.327 e. The maximum absolute atomic E-state index is 11.8. The summed E-state index contributed by atoms with van der Waals surface area (Å²) in [5.41, 5.74) is 0. The van der Waals surface area contributed by atoms with Gasteiger partial charge < -0.3 is 14.7 Å². The van der Waals surface area contributed by atoms with Gasteiger partial charge in [-0.2, -0.15) is 12.6 Å². The highest BCUT2D eigenvalue weighted by Crippen LogP contribution is 2.29. The molecule has 1 heterocycles. The van der Waals surface area contributed by atoms with Gasteiger partial charge in [-0.3, -0.25) is 9.59 Å². The Labute approximate surface area is 111 Å². The molecular weight excluding hydrogens is 258 g/mol. The molecule has 1 N–H and O–H groups in total. The molecule has 0 bridgehead atoms. The van der Waals surface area contributed by atoms with E-state index in [9.17, 15) is 19.5 Å². The van der Waals surface area contributed by atoms with Crippen molar-refractivity contribution in [2.24, 2.45) is 5.92 Å². The first-order chi connectivity index (χ1) is 8.18. The van der Waals surface area contributed by atoms with Gasteiger partial charge in [0.15, 0.2) is 0 Å². The topological polar surface area (TPSA) is 83.9 Å². The Balaban J connectivity index is 2.92. The van der Waals surface area contributed by atoms with Crippen LogP contribution in [0.3, 0.4) is 0 Å². The number of esters is 1. The summed E-state index contributed by atoms with van der Waals surface area (Å²) in [6.45, 7) is 3.30. The van der Waals surface area contributed by atoms with E-state index in [4.69, 9.17) is 0 Å². The Bertz CT molecular complexity index is 376. The van der Waals surface area contributed by atoms with Gasteiger partial charge in [0.05, 0.1) is 13.0 Å². The minimum atomic E-state index is -1.13. The van der Waals surface area contributed by atoms with Gasteiger partial charge in [-0.1, -0.05) is 0 Å². The van der Waals surface area contributed by atoms with Crippen LogP contribution < -0.4 is 0 Å². The molecule has 0 aromatic carbocycles. The summed E-state index contributed by atoms with van der Waals surface area (Å²) in [5.74, 6) is -2.58. The van der Waals surface area contributed by atoms with Crippen molar-refractivity contribution in [2.45, 2.75) is 31.1 Å². The van der Waals surface area contributed by atoms with Crippen molar-refractivity contribution < 1.29 is 24.2 Å². The van der Waals surface area contributed by atoms with E-state index in [1.807, 2.05) is 0 Å². The number of hydrogen-bond acceptors (Lipinski definition) is 5. The van der Waals surface area contributed by atoms with Gasteiger partial charge in [0.25, 0.3) is 0 Å². The molecule has 1 aliphatic heterocycles. The number of amides is 1. The Morgan fingerprint density at radius 1 is 1.56 bits per heavy atom. The normalized spacial score (nSPS) is 21.9. The van der Waals surface area contributed by atoms with Crippen molar-refractivity contribution in [3.8, 4) is 0 Å². The Morgan fingerprint density at radius 2 is 2.11 bits per heavy atom. The second kappa shape index (κ2) is 5.17. The highest BCUT2D eigenvalue weighted by Gasteiger charge is 2.46. The lowest BCUT2D eigenvalue weighted by Crippen LogP contribution is -2.52. The molecule has 0 radical (unpaired) electrons. The molecule has 6 nitrogen and oxygen atoms in total. The van der Waals surface area contributed by atoms with Crippen LogP contribution in [0.2, 0.25) is 0 Å². The van der Waals surface area contributed by atoms with Crippen LogP contribution in [0.25, 0.3) is 0 Å². The molecule has 1 unspecified atom stereocenters. The maximum atomic E-state index is 11.8. The lowest BCUT2D eigenvalue weighted by molar-refractivity contribution is -0.149. The summed E-state index contributed by atoms with van der Waals surface area (Å²) in [6.07, 6.45) is -0.0136. The van der Waals surface area contributed by atoms with Gasteiger partial charge in [0.1, 0.15) is 6.04 Å². The van der Waals surface area contributed by atoms with Crippen LogP contribution in [0.4, 0.5) is 0 Å². The number of ether oxygens (including phenoxy) is 1. The standard InChI is InChI=1S/C11H17NO5S/c1-11(2,18)8(9(14)15)12-5-6(4-7(12)13)10(16)17-3/h6,8,18H,4-5H2,1-3H3,(H,14,15)/t6?,8-/m1/s1. The van der Waals surface area contributed by atoms with Crippen LogP contribution >= 0.6 is 12.6 Å². The van der Waals surface area contributed by atoms with Crippen molar-refractivity contribution in [1.82, 2.24) is 4.90 Å². The summed E-state index contributed by atoms with van der Waals surface area (Å²) in [6, 6.07) is -1.07. The molecule has 1 amide bonds. The first-order valence-corrected chi connectivity index (χ1v) is 5.95. The summed E-state index contributed by atoms with van der Waals surface area (Å²) in [7, 11) is 1.24. The molecule has 102 valence electrons. The zero-order chi connectivity index (χ0) is 14.1. The summed E-state index contributed by atoms with van der Waals surface area (Å²) in [4.78, 5) is 35.7. The third-order valence-electron chi connectivity index (χ3n) is 2.91. The van der Waals surface area contributed by atoms with Crippen molar-refractivity contribution in [1.29, 1.82) is 0 Å². The number of carboxylic acids is 1. The van der Waals surface area contributed by atoms with Crippen molar-refractivity contribution in [3.63, 3.8) is 0 Å². The molecule has 0 saturated carbocycles. The van der Waals surface area contributed by atoms with E-state index in [-0.39, 0.29) is 18.9 Å². The monoisotopic (exact) mass is 275 g/mol. The zero-order valence-electron chi connectivity index (χ0n) is 10.5. The van der Waals surface area contributed by atoms with Crippen LogP contribution in [-0.2, 0) is 19.1 Å². The largest absolute Gasteiger partial charge is 0.480 e. The van der Waals surface area contributed by atoms with E-state index in [0.717, 1.165) is 0 Å². The predicted octanol–water partition coefficient (Wildman–Crippen LogP) is 0.170. The van der Waals surface area contributed by atoms with Crippen molar-refractivity contribution in [3.05, 3.63) is 0 Å². The molecule has 18 heavy (non-hydrogen) atoms. The average molecular weight is 275 g/mol. The van der Waals surface area contributed by atoms with E-state index >= 15 is 0 Å². The SMILES string of the molecule is COC(=O)C1CC(=O)N([C@H](C(=O)O)C(C)(C)S)C1. The Morgan fingerprint density at radius 3 is 2.50 bits per heavy atom. The van der Waals surface area contributed by atoms with Crippen LogP contribution in [0.1, 0.15) is 20.3 Å². The minimum Gasteiger partial charge on any atom is -0.480 e. The number of nitrogens with zero attached hydrogens (tertiary/aromatic N) is 1. The van der Waals surface area contributed by atoms with E-state index < -0.39 is 28.6 Å². The Kier molecular flexibility index (Phi) is 4.26. The molecule has 0 aliphatic carbocycles. The van der Waals surface area contributed by atoms with E-state index in [0.29, 0.717) is 0 Å².